The average Bonchev–Trinajstić information content (AvgIpc) is 2.66. The molecule has 4 nitrogen and oxygen atoms in total. The van der Waals surface area contributed by atoms with E-state index in [1.54, 1.807) is 13.8 Å². The summed E-state index contributed by atoms with van der Waals surface area (Å²) >= 11 is 0. The van der Waals surface area contributed by atoms with E-state index in [0.717, 1.165) is 12.1 Å². The number of hydrogen-bond acceptors (Lipinski definition) is 3. The van der Waals surface area contributed by atoms with Crippen LogP contribution in [0.5, 0.6) is 0 Å². The fourth-order valence-electron chi connectivity index (χ4n) is 2.29. The van der Waals surface area contributed by atoms with Crippen LogP contribution in [0.1, 0.15) is 47.1 Å². The zero-order valence-electron chi connectivity index (χ0n) is 15.2. The fraction of sp³-hybridized carbons (Fsp3) is 0.588. The lowest BCUT2D eigenvalue weighted by atomic mass is 9.78. The van der Waals surface area contributed by atoms with Crippen LogP contribution in [0.25, 0.3) is 0 Å². The number of hydrogen-bond donors (Lipinski definition) is 1. The number of carbonyl (C=O) groups is 1. The molecular formula is C17H23BF3NO3. The van der Waals surface area contributed by atoms with Gasteiger partial charge in [-0.1, -0.05) is 19.9 Å². The summed E-state index contributed by atoms with van der Waals surface area (Å²) in [5.41, 5.74) is -1.93. The van der Waals surface area contributed by atoms with Crippen LogP contribution in [0.3, 0.4) is 0 Å². The van der Waals surface area contributed by atoms with E-state index in [4.69, 9.17) is 9.31 Å². The van der Waals surface area contributed by atoms with Crippen LogP contribution in [-0.2, 0) is 20.3 Å². The average molecular weight is 357 g/mol. The van der Waals surface area contributed by atoms with Crippen molar-refractivity contribution in [1.82, 2.24) is 0 Å². The van der Waals surface area contributed by atoms with Crippen molar-refractivity contribution in [2.75, 3.05) is 5.32 Å². The lowest BCUT2D eigenvalue weighted by Crippen LogP contribution is -2.41. The third-order valence-corrected chi connectivity index (χ3v) is 4.60. The van der Waals surface area contributed by atoms with Crippen molar-refractivity contribution < 1.29 is 27.3 Å². The van der Waals surface area contributed by atoms with Gasteiger partial charge in [0.25, 0.3) is 0 Å². The summed E-state index contributed by atoms with van der Waals surface area (Å²) in [4.78, 5) is 11.9. The van der Waals surface area contributed by atoms with Crippen LogP contribution < -0.4 is 10.8 Å². The van der Waals surface area contributed by atoms with E-state index in [2.05, 4.69) is 5.32 Å². The zero-order valence-corrected chi connectivity index (χ0v) is 15.2. The predicted octanol–water partition coefficient (Wildman–Crippen LogP) is 3.60. The largest absolute Gasteiger partial charge is 0.494 e. The van der Waals surface area contributed by atoms with E-state index in [-0.39, 0.29) is 23.0 Å². The lowest BCUT2D eigenvalue weighted by Gasteiger charge is -2.32. The first-order valence-electron chi connectivity index (χ1n) is 8.11. The van der Waals surface area contributed by atoms with Crippen molar-refractivity contribution in [3.63, 3.8) is 0 Å². The summed E-state index contributed by atoms with van der Waals surface area (Å²) in [5, 5.41) is 2.51. The number of amides is 1. The van der Waals surface area contributed by atoms with E-state index in [0.29, 0.717) is 0 Å². The Morgan fingerprint density at radius 1 is 1.08 bits per heavy atom. The molecule has 0 saturated carbocycles. The second kappa shape index (κ2) is 6.32. The number of alkyl halides is 3. The summed E-state index contributed by atoms with van der Waals surface area (Å²) < 4.78 is 51.4. The molecule has 1 heterocycles. The molecule has 1 aromatic carbocycles. The van der Waals surface area contributed by atoms with Gasteiger partial charge >= 0.3 is 13.3 Å². The highest BCUT2D eigenvalue weighted by molar-refractivity contribution is 6.62. The number of benzene rings is 1. The van der Waals surface area contributed by atoms with Gasteiger partial charge in [-0.15, -0.1) is 0 Å². The van der Waals surface area contributed by atoms with Crippen LogP contribution in [0.2, 0.25) is 0 Å². The summed E-state index contributed by atoms with van der Waals surface area (Å²) in [5.74, 6) is -0.714. The second-order valence-electron chi connectivity index (χ2n) is 7.57. The van der Waals surface area contributed by atoms with Gasteiger partial charge in [-0.2, -0.15) is 13.2 Å². The van der Waals surface area contributed by atoms with Crippen molar-refractivity contribution >= 4 is 24.2 Å². The Labute approximate surface area is 146 Å². The smallest absolute Gasteiger partial charge is 0.399 e. The van der Waals surface area contributed by atoms with Crippen LogP contribution in [0, 0.1) is 5.92 Å². The van der Waals surface area contributed by atoms with Crippen molar-refractivity contribution in [2.24, 2.45) is 5.92 Å². The zero-order chi connectivity index (χ0) is 19.2. The number of anilines is 1. The molecule has 0 bridgehead atoms. The Balaban J connectivity index is 2.43. The SMILES string of the molecule is CC(C)C(=O)Nc1cc(B2OC(C)(C)C(C)(C)O2)cc(C(F)(F)F)c1. The molecule has 0 aliphatic carbocycles. The quantitative estimate of drug-likeness (QED) is 0.841. The Hall–Kier alpha value is -1.54. The summed E-state index contributed by atoms with van der Waals surface area (Å²) in [6.45, 7) is 10.6. The predicted molar refractivity (Wildman–Crippen MR) is 90.6 cm³/mol. The normalized spacial score (nSPS) is 19.4. The molecular weight excluding hydrogens is 334 g/mol. The van der Waals surface area contributed by atoms with Crippen LogP contribution in [0.4, 0.5) is 18.9 Å². The number of nitrogens with one attached hydrogen (secondary N) is 1. The van der Waals surface area contributed by atoms with Crippen molar-refractivity contribution in [1.29, 1.82) is 0 Å². The maximum atomic E-state index is 13.2. The first kappa shape index (κ1) is 19.8. The molecule has 1 aliphatic heterocycles. The van der Waals surface area contributed by atoms with Crippen molar-refractivity contribution in [2.45, 2.75) is 58.9 Å². The van der Waals surface area contributed by atoms with Gasteiger partial charge in [0.1, 0.15) is 0 Å². The summed E-state index contributed by atoms with van der Waals surface area (Å²) in [7, 11) is -0.943. The van der Waals surface area contributed by atoms with Gasteiger partial charge in [0.05, 0.1) is 16.8 Å². The minimum absolute atomic E-state index is 0.0678. The monoisotopic (exact) mass is 357 g/mol. The molecule has 1 amide bonds. The molecule has 0 spiro atoms. The Morgan fingerprint density at radius 2 is 1.60 bits per heavy atom. The third kappa shape index (κ3) is 4.18. The summed E-state index contributed by atoms with van der Waals surface area (Å²) in [6, 6.07) is 3.36. The maximum Gasteiger partial charge on any atom is 0.494 e. The standard InChI is InChI=1S/C17H23BF3NO3/c1-10(2)14(23)22-13-8-11(17(19,20)21)7-12(9-13)18-24-15(3,4)16(5,6)25-18/h7-10H,1-6H3,(H,22,23). The highest BCUT2D eigenvalue weighted by Crippen LogP contribution is 2.37. The van der Waals surface area contributed by atoms with Crippen molar-refractivity contribution in [3.05, 3.63) is 23.8 Å². The number of rotatable bonds is 3. The van der Waals surface area contributed by atoms with Gasteiger partial charge in [-0.3, -0.25) is 4.79 Å². The van der Waals surface area contributed by atoms with E-state index in [1.807, 2.05) is 27.7 Å². The molecule has 25 heavy (non-hydrogen) atoms. The second-order valence-corrected chi connectivity index (χ2v) is 7.57. The van der Waals surface area contributed by atoms with E-state index in [1.165, 1.54) is 6.07 Å². The fourth-order valence-corrected chi connectivity index (χ4v) is 2.29. The Kier molecular flexibility index (Phi) is 5.00. The molecule has 138 valence electrons. The molecule has 0 atom stereocenters. The summed E-state index contributed by atoms with van der Waals surface area (Å²) in [6.07, 6.45) is -4.54. The maximum absolute atomic E-state index is 13.2. The molecule has 1 N–H and O–H groups in total. The van der Waals surface area contributed by atoms with Crippen molar-refractivity contribution in [3.8, 4) is 0 Å². The van der Waals surface area contributed by atoms with Crippen LogP contribution in [0.15, 0.2) is 18.2 Å². The lowest BCUT2D eigenvalue weighted by molar-refractivity contribution is -0.137. The number of halogens is 3. The van der Waals surface area contributed by atoms with Gasteiger partial charge in [-0.05, 0) is 45.3 Å². The van der Waals surface area contributed by atoms with Gasteiger partial charge < -0.3 is 14.6 Å². The molecule has 1 aliphatic rings. The third-order valence-electron chi connectivity index (χ3n) is 4.60. The van der Waals surface area contributed by atoms with E-state index < -0.39 is 30.1 Å². The van der Waals surface area contributed by atoms with Gasteiger partial charge in [0.15, 0.2) is 0 Å². The molecule has 0 radical (unpaired) electrons. The highest BCUT2D eigenvalue weighted by Gasteiger charge is 2.52. The molecule has 2 rings (SSSR count). The van der Waals surface area contributed by atoms with Gasteiger partial charge in [0.2, 0.25) is 5.91 Å². The van der Waals surface area contributed by atoms with E-state index >= 15 is 0 Å². The molecule has 1 fully saturated rings. The molecule has 0 aromatic heterocycles. The van der Waals surface area contributed by atoms with Crippen LogP contribution in [-0.4, -0.2) is 24.2 Å². The first-order chi connectivity index (χ1) is 11.2. The molecule has 1 aromatic rings. The molecule has 0 unspecified atom stereocenters. The Morgan fingerprint density at radius 3 is 2.04 bits per heavy atom. The van der Waals surface area contributed by atoms with E-state index in [9.17, 15) is 18.0 Å². The topological polar surface area (TPSA) is 47.6 Å². The number of carbonyl (C=O) groups excluding carboxylic acids is 1. The minimum atomic E-state index is -4.54. The minimum Gasteiger partial charge on any atom is -0.399 e. The Bertz CT molecular complexity index is 656. The highest BCUT2D eigenvalue weighted by atomic mass is 19.4. The van der Waals surface area contributed by atoms with Gasteiger partial charge in [-0.25, -0.2) is 0 Å². The van der Waals surface area contributed by atoms with Gasteiger partial charge in [0, 0.05) is 11.6 Å². The molecule has 1 saturated heterocycles. The molecule has 8 heteroatoms. The first-order valence-corrected chi connectivity index (χ1v) is 8.11. The van der Waals surface area contributed by atoms with Crippen LogP contribution >= 0.6 is 0 Å².